The van der Waals surface area contributed by atoms with Crippen LogP contribution in [-0.4, -0.2) is 24.7 Å². The molecule has 2 fully saturated rings. The number of nitrogens with one attached hydrogen (secondary N) is 1. The molecule has 3 heteroatoms. The zero-order chi connectivity index (χ0) is 13.6. The van der Waals surface area contributed by atoms with E-state index in [1.807, 2.05) is 0 Å². The van der Waals surface area contributed by atoms with Gasteiger partial charge in [0, 0.05) is 29.1 Å². The largest absolute Gasteiger partial charge is 0.365 e. The topological polar surface area (TPSA) is 15.3 Å². The highest BCUT2D eigenvalue weighted by molar-refractivity contribution is 9.10. The van der Waals surface area contributed by atoms with Crippen LogP contribution in [0.1, 0.15) is 32.3 Å². The van der Waals surface area contributed by atoms with Gasteiger partial charge in [0.2, 0.25) is 0 Å². The summed E-state index contributed by atoms with van der Waals surface area (Å²) in [5.41, 5.74) is 2.95. The normalized spacial score (nSPS) is 31.6. The third-order valence-corrected chi connectivity index (χ3v) is 5.82. The van der Waals surface area contributed by atoms with Crippen molar-refractivity contribution in [2.24, 2.45) is 5.92 Å². The quantitative estimate of drug-likeness (QED) is 0.892. The highest BCUT2D eigenvalue weighted by Crippen LogP contribution is 2.43. The smallest absolute Gasteiger partial charge is 0.0516 e. The van der Waals surface area contributed by atoms with Gasteiger partial charge in [-0.15, -0.1) is 0 Å². The molecule has 104 valence electrons. The maximum atomic E-state index is 3.78. The van der Waals surface area contributed by atoms with Crippen molar-refractivity contribution in [3.05, 3.63) is 28.2 Å². The molecule has 0 bridgehead atoms. The third-order valence-electron chi connectivity index (χ3n) is 4.79. The minimum absolute atomic E-state index is 0.287. The van der Waals surface area contributed by atoms with Crippen molar-refractivity contribution in [1.29, 1.82) is 0 Å². The van der Waals surface area contributed by atoms with Gasteiger partial charge >= 0.3 is 0 Å². The van der Waals surface area contributed by atoms with Crippen molar-refractivity contribution < 1.29 is 0 Å². The molecule has 2 unspecified atom stereocenters. The van der Waals surface area contributed by atoms with Gasteiger partial charge in [-0.2, -0.15) is 0 Å². The minimum Gasteiger partial charge on any atom is -0.365 e. The highest BCUT2D eigenvalue weighted by Gasteiger charge is 2.45. The first-order valence-electron chi connectivity index (χ1n) is 7.28. The first-order valence-corrected chi connectivity index (χ1v) is 8.07. The molecule has 3 rings (SSSR count). The van der Waals surface area contributed by atoms with Gasteiger partial charge in [0.05, 0.1) is 5.69 Å². The van der Waals surface area contributed by atoms with E-state index >= 15 is 0 Å². The SMILES string of the molecule is Cc1cccc(N2CC(C)(C3CC3)NCC2C)c1Br. The Labute approximate surface area is 124 Å². The Morgan fingerprint density at radius 2 is 2.11 bits per heavy atom. The van der Waals surface area contributed by atoms with Crippen LogP contribution in [0.4, 0.5) is 5.69 Å². The van der Waals surface area contributed by atoms with Crippen molar-refractivity contribution in [3.63, 3.8) is 0 Å². The highest BCUT2D eigenvalue weighted by atomic mass is 79.9. The van der Waals surface area contributed by atoms with Gasteiger partial charge in [0.15, 0.2) is 0 Å². The maximum absolute atomic E-state index is 3.78. The Balaban J connectivity index is 1.91. The number of halogens is 1. The fourth-order valence-corrected chi connectivity index (χ4v) is 3.72. The molecule has 1 N–H and O–H groups in total. The first-order chi connectivity index (χ1) is 9.01. The molecule has 1 aliphatic carbocycles. The molecule has 1 heterocycles. The fraction of sp³-hybridized carbons (Fsp3) is 0.625. The molecular weight excluding hydrogens is 300 g/mol. The van der Waals surface area contributed by atoms with E-state index < -0.39 is 0 Å². The van der Waals surface area contributed by atoms with Crippen molar-refractivity contribution >= 4 is 21.6 Å². The number of piperazine rings is 1. The standard InChI is InChI=1S/C16H23BrN2/c1-11-5-4-6-14(15(11)17)19-10-16(3,13-7-8-13)18-9-12(19)2/h4-6,12-13,18H,7-10H2,1-3H3. The van der Waals surface area contributed by atoms with Gasteiger partial charge in [-0.25, -0.2) is 0 Å². The van der Waals surface area contributed by atoms with Crippen molar-refractivity contribution in [2.45, 2.75) is 45.2 Å². The van der Waals surface area contributed by atoms with E-state index in [9.17, 15) is 0 Å². The molecule has 1 saturated heterocycles. The number of anilines is 1. The molecule has 0 spiro atoms. The van der Waals surface area contributed by atoms with Gasteiger partial charge in [0.1, 0.15) is 0 Å². The lowest BCUT2D eigenvalue weighted by atomic mass is 9.90. The monoisotopic (exact) mass is 322 g/mol. The lowest BCUT2D eigenvalue weighted by molar-refractivity contribution is 0.260. The maximum Gasteiger partial charge on any atom is 0.0516 e. The molecule has 2 aliphatic rings. The summed E-state index contributed by atoms with van der Waals surface area (Å²) in [6.07, 6.45) is 2.78. The summed E-state index contributed by atoms with van der Waals surface area (Å²) in [4.78, 5) is 2.58. The van der Waals surface area contributed by atoms with Crippen molar-refractivity contribution in [2.75, 3.05) is 18.0 Å². The molecule has 2 nitrogen and oxygen atoms in total. The van der Waals surface area contributed by atoms with Crippen LogP contribution in [0.15, 0.2) is 22.7 Å². The van der Waals surface area contributed by atoms with Crippen molar-refractivity contribution in [3.8, 4) is 0 Å². The summed E-state index contributed by atoms with van der Waals surface area (Å²) in [6, 6.07) is 7.12. The number of hydrogen-bond donors (Lipinski definition) is 1. The molecule has 1 aliphatic heterocycles. The van der Waals surface area contributed by atoms with E-state index in [2.05, 4.69) is 65.1 Å². The Morgan fingerprint density at radius 1 is 1.37 bits per heavy atom. The van der Waals surface area contributed by atoms with E-state index in [0.717, 1.165) is 19.0 Å². The summed E-state index contributed by atoms with van der Waals surface area (Å²) >= 11 is 3.77. The predicted molar refractivity (Wildman–Crippen MR) is 84.8 cm³/mol. The lowest BCUT2D eigenvalue weighted by Gasteiger charge is -2.47. The lowest BCUT2D eigenvalue weighted by Crippen LogP contribution is -2.63. The summed E-state index contributed by atoms with van der Waals surface area (Å²) in [7, 11) is 0. The minimum atomic E-state index is 0.287. The van der Waals surface area contributed by atoms with Gasteiger partial charge in [-0.05, 0) is 67.1 Å². The first kappa shape index (κ1) is 13.4. The van der Waals surface area contributed by atoms with Gasteiger partial charge < -0.3 is 10.2 Å². The van der Waals surface area contributed by atoms with Crippen molar-refractivity contribution in [1.82, 2.24) is 5.32 Å². The second-order valence-corrected chi connectivity index (χ2v) is 7.25. The molecule has 0 amide bonds. The summed E-state index contributed by atoms with van der Waals surface area (Å²) in [6.45, 7) is 9.07. The Morgan fingerprint density at radius 3 is 2.79 bits per heavy atom. The molecular formula is C16H23BrN2. The van der Waals surface area contributed by atoms with Gasteiger partial charge in [-0.1, -0.05) is 12.1 Å². The average Bonchev–Trinajstić information content (AvgIpc) is 3.21. The van der Waals surface area contributed by atoms with Crippen LogP contribution in [0.2, 0.25) is 0 Å². The molecule has 1 aromatic carbocycles. The number of rotatable bonds is 2. The van der Waals surface area contributed by atoms with Gasteiger partial charge in [-0.3, -0.25) is 0 Å². The summed E-state index contributed by atoms with van der Waals surface area (Å²) in [5.74, 6) is 0.867. The van der Waals surface area contributed by atoms with Crippen LogP contribution in [-0.2, 0) is 0 Å². The van der Waals surface area contributed by atoms with E-state index in [-0.39, 0.29) is 5.54 Å². The zero-order valence-corrected chi connectivity index (χ0v) is 13.6. The Hall–Kier alpha value is -0.540. The van der Waals surface area contributed by atoms with E-state index in [1.165, 1.54) is 28.6 Å². The third kappa shape index (κ3) is 2.43. The fourth-order valence-electron chi connectivity index (χ4n) is 3.23. The number of nitrogens with zero attached hydrogens (tertiary/aromatic N) is 1. The molecule has 0 aromatic heterocycles. The number of aryl methyl sites for hydroxylation is 1. The summed E-state index contributed by atoms with van der Waals surface area (Å²) in [5, 5.41) is 3.78. The van der Waals surface area contributed by atoms with Crippen LogP contribution in [0, 0.1) is 12.8 Å². The van der Waals surface area contributed by atoms with Crippen LogP contribution in [0.5, 0.6) is 0 Å². The average molecular weight is 323 g/mol. The van der Waals surface area contributed by atoms with Crippen LogP contribution >= 0.6 is 15.9 Å². The Kier molecular flexibility index (Phi) is 3.38. The molecule has 1 aromatic rings. The Bertz CT molecular complexity index is 484. The number of benzene rings is 1. The van der Waals surface area contributed by atoms with Crippen LogP contribution < -0.4 is 10.2 Å². The van der Waals surface area contributed by atoms with Gasteiger partial charge in [0.25, 0.3) is 0 Å². The molecule has 1 saturated carbocycles. The second kappa shape index (κ2) is 4.78. The van der Waals surface area contributed by atoms with Crippen LogP contribution in [0.3, 0.4) is 0 Å². The molecule has 0 radical (unpaired) electrons. The van der Waals surface area contributed by atoms with E-state index in [4.69, 9.17) is 0 Å². The van der Waals surface area contributed by atoms with E-state index in [0.29, 0.717) is 6.04 Å². The predicted octanol–water partition coefficient (Wildman–Crippen LogP) is 3.72. The second-order valence-electron chi connectivity index (χ2n) is 6.46. The zero-order valence-electron chi connectivity index (χ0n) is 12.0. The molecule has 2 atom stereocenters. The van der Waals surface area contributed by atoms with Crippen LogP contribution in [0.25, 0.3) is 0 Å². The van der Waals surface area contributed by atoms with E-state index in [1.54, 1.807) is 0 Å². The number of hydrogen-bond acceptors (Lipinski definition) is 2. The summed E-state index contributed by atoms with van der Waals surface area (Å²) < 4.78 is 1.25. The molecule has 19 heavy (non-hydrogen) atoms.